The van der Waals surface area contributed by atoms with E-state index in [-0.39, 0.29) is 0 Å². The summed E-state index contributed by atoms with van der Waals surface area (Å²) in [6.07, 6.45) is 7.92. The number of hydrogen-bond acceptors (Lipinski definition) is 2. The lowest BCUT2D eigenvalue weighted by molar-refractivity contribution is 0.0883. The minimum absolute atomic E-state index is 0.428. The summed E-state index contributed by atoms with van der Waals surface area (Å²) in [6, 6.07) is 0.608. The van der Waals surface area contributed by atoms with E-state index in [4.69, 9.17) is 17.0 Å². The van der Waals surface area contributed by atoms with Crippen molar-refractivity contribution < 1.29 is 4.74 Å². The Morgan fingerprint density at radius 2 is 2.06 bits per heavy atom. The summed E-state index contributed by atoms with van der Waals surface area (Å²) in [5.41, 5.74) is 0. The number of rotatable bonds is 4. The van der Waals surface area contributed by atoms with Crippen LogP contribution in [0, 0.1) is 5.92 Å². The fourth-order valence-corrected chi connectivity index (χ4v) is 3.16. The maximum atomic E-state index is 5.68. The zero-order valence-corrected chi connectivity index (χ0v) is 11.5. The van der Waals surface area contributed by atoms with Gasteiger partial charge >= 0.3 is 0 Å². The fourth-order valence-electron chi connectivity index (χ4n) is 2.91. The summed E-state index contributed by atoms with van der Waals surface area (Å²) >= 11 is 5.34. The van der Waals surface area contributed by atoms with Gasteiger partial charge < -0.3 is 15.4 Å². The first-order chi connectivity index (χ1) is 8.29. The average Bonchev–Trinajstić information content (AvgIpc) is 2.96. The van der Waals surface area contributed by atoms with Crippen molar-refractivity contribution in [3.05, 3.63) is 0 Å². The summed E-state index contributed by atoms with van der Waals surface area (Å²) in [7, 11) is 0. The van der Waals surface area contributed by atoms with Crippen LogP contribution in [0.2, 0.25) is 0 Å². The summed E-state index contributed by atoms with van der Waals surface area (Å²) in [6.45, 7) is 4.06. The number of thiocarbonyl (C=S) groups is 1. The molecule has 17 heavy (non-hydrogen) atoms. The van der Waals surface area contributed by atoms with E-state index in [2.05, 4.69) is 17.6 Å². The molecule has 0 aromatic rings. The second-order valence-corrected chi connectivity index (χ2v) is 5.61. The highest BCUT2D eigenvalue weighted by Gasteiger charge is 2.26. The molecule has 4 heteroatoms. The first-order valence-electron chi connectivity index (χ1n) is 6.95. The number of nitrogens with one attached hydrogen (secondary N) is 2. The molecule has 2 rings (SSSR count). The standard InChI is InChI=1S/C13H24N2OS/c1-2-12-10(7-8-16-12)9-14-13(17)15-11-5-3-4-6-11/h10-12H,2-9H2,1H3,(H2,14,15,17). The quantitative estimate of drug-likeness (QED) is 0.756. The molecular weight excluding hydrogens is 232 g/mol. The molecule has 2 atom stereocenters. The second-order valence-electron chi connectivity index (χ2n) is 5.20. The molecule has 1 aliphatic carbocycles. The van der Waals surface area contributed by atoms with Gasteiger partial charge in [-0.25, -0.2) is 0 Å². The lowest BCUT2D eigenvalue weighted by atomic mass is 10.00. The molecule has 1 saturated carbocycles. The monoisotopic (exact) mass is 256 g/mol. The van der Waals surface area contributed by atoms with Gasteiger partial charge in [0.15, 0.2) is 5.11 Å². The van der Waals surface area contributed by atoms with Crippen molar-refractivity contribution >= 4 is 17.3 Å². The van der Waals surface area contributed by atoms with Crippen LogP contribution in [0.1, 0.15) is 45.4 Å². The van der Waals surface area contributed by atoms with Crippen LogP contribution in [-0.4, -0.2) is 30.4 Å². The van der Waals surface area contributed by atoms with Gasteiger partial charge in [0, 0.05) is 25.1 Å². The Kier molecular flexibility index (Phi) is 5.04. The van der Waals surface area contributed by atoms with Crippen LogP contribution in [0.4, 0.5) is 0 Å². The van der Waals surface area contributed by atoms with Crippen LogP contribution >= 0.6 is 12.2 Å². The summed E-state index contributed by atoms with van der Waals surface area (Å²) in [5, 5.41) is 7.60. The van der Waals surface area contributed by atoms with Crippen LogP contribution in [0.5, 0.6) is 0 Å². The number of ether oxygens (including phenoxy) is 1. The van der Waals surface area contributed by atoms with Gasteiger partial charge in [0.05, 0.1) is 6.10 Å². The Balaban J connectivity index is 1.65. The third-order valence-electron chi connectivity index (χ3n) is 3.96. The minimum Gasteiger partial charge on any atom is -0.378 e. The van der Waals surface area contributed by atoms with Crippen LogP contribution in [0.15, 0.2) is 0 Å². The lowest BCUT2D eigenvalue weighted by Crippen LogP contribution is -2.43. The van der Waals surface area contributed by atoms with Crippen LogP contribution < -0.4 is 10.6 Å². The maximum absolute atomic E-state index is 5.68. The Morgan fingerprint density at radius 1 is 1.29 bits per heavy atom. The third kappa shape index (κ3) is 3.81. The molecular formula is C13H24N2OS. The van der Waals surface area contributed by atoms with Gasteiger partial charge in [-0.3, -0.25) is 0 Å². The molecule has 2 unspecified atom stereocenters. The van der Waals surface area contributed by atoms with Gasteiger partial charge in [-0.1, -0.05) is 19.8 Å². The van der Waals surface area contributed by atoms with E-state index in [1.807, 2.05) is 0 Å². The zero-order valence-electron chi connectivity index (χ0n) is 10.7. The molecule has 0 aromatic heterocycles. The van der Waals surface area contributed by atoms with Gasteiger partial charge in [0.2, 0.25) is 0 Å². The molecule has 0 bridgehead atoms. The van der Waals surface area contributed by atoms with E-state index < -0.39 is 0 Å². The largest absolute Gasteiger partial charge is 0.378 e. The fraction of sp³-hybridized carbons (Fsp3) is 0.923. The highest BCUT2D eigenvalue weighted by Crippen LogP contribution is 2.22. The van der Waals surface area contributed by atoms with Crippen molar-refractivity contribution in [1.29, 1.82) is 0 Å². The smallest absolute Gasteiger partial charge is 0.166 e. The molecule has 2 N–H and O–H groups in total. The average molecular weight is 256 g/mol. The molecule has 0 radical (unpaired) electrons. The molecule has 2 aliphatic rings. The first-order valence-corrected chi connectivity index (χ1v) is 7.36. The van der Waals surface area contributed by atoms with E-state index in [0.717, 1.165) is 31.1 Å². The van der Waals surface area contributed by atoms with E-state index in [1.54, 1.807) is 0 Å². The van der Waals surface area contributed by atoms with E-state index in [1.165, 1.54) is 25.7 Å². The Labute approximate surface area is 110 Å². The molecule has 98 valence electrons. The van der Waals surface area contributed by atoms with Crippen molar-refractivity contribution in [3.8, 4) is 0 Å². The van der Waals surface area contributed by atoms with Gasteiger partial charge in [0.25, 0.3) is 0 Å². The van der Waals surface area contributed by atoms with Crippen molar-refractivity contribution in [2.75, 3.05) is 13.2 Å². The summed E-state index contributed by atoms with van der Waals surface area (Å²) in [5.74, 6) is 0.628. The zero-order chi connectivity index (χ0) is 12.1. The molecule has 1 saturated heterocycles. The van der Waals surface area contributed by atoms with Crippen molar-refractivity contribution in [1.82, 2.24) is 10.6 Å². The topological polar surface area (TPSA) is 33.3 Å². The van der Waals surface area contributed by atoms with Crippen LogP contribution in [-0.2, 0) is 4.74 Å². The maximum Gasteiger partial charge on any atom is 0.166 e. The summed E-state index contributed by atoms with van der Waals surface area (Å²) < 4.78 is 5.68. The first kappa shape index (κ1) is 13.1. The van der Waals surface area contributed by atoms with Crippen LogP contribution in [0.25, 0.3) is 0 Å². The Morgan fingerprint density at radius 3 is 2.76 bits per heavy atom. The molecule has 0 aromatic carbocycles. The van der Waals surface area contributed by atoms with E-state index >= 15 is 0 Å². The van der Waals surface area contributed by atoms with Gasteiger partial charge in [-0.15, -0.1) is 0 Å². The van der Waals surface area contributed by atoms with Crippen molar-refractivity contribution in [2.45, 2.75) is 57.6 Å². The molecule has 0 amide bonds. The minimum atomic E-state index is 0.428. The number of hydrogen-bond donors (Lipinski definition) is 2. The predicted molar refractivity (Wildman–Crippen MR) is 74.1 cm³/mol. The SMILES string of the molecule is CCC1OCCC1CNC(=S)NC1CCCC1. The highest BCUT2D eigenvalue weighted by atomic mass is 32.1. The van der Waals surface area contributed by atoms with Gasteiger partial charge in [-0.2, -0.15) is 0 Å². The lowest BCUT2D eigenvalue weighted by Gasteiger charge is -2.20. The third-order valence-corrected chi connectivity index (χ3v) is 4.23. The molecule has 2 fully saturated rings. The van der Waals surface area contributed by atoms with E-state index in [9.17, 15) is 0 Å². The van der Waals surface area contributed by atoms with Crippen LogP contribution in [0.3, 0.4) is 0 Å². The van der Waals surface area contributed by atoms with Gasteiger partial charge in [-0.05, 0) is 37.9 Å². The normalized spacial score (nSPS) is 29.5. The molecule has 3 nitrogen and oxygen atoms in total. The molecule has 0 spiro atoms. The highest BCUT2D eigenvalue weighted by molar-refractivity contribution is 7.80. The van der Waals surface area contributed by atoms with Crippen molar-refractivity contribution in [3.63, 3.8) is 0 Å². The van der Waals surface area contributed by atoms with Gasteiger partial charge in [0.1, 0.15) is 0 Å². The second kappa shape index (κ2) is 6.55. The van der Waals surface area contributed by atoms with Crippen molar-refractivity contribution in [2.24, 2.45) is 5.92 Å². The molecule has 1 heterocycles. The Hall–Kier alpha value is -0.350. The molecule has 1 aliphatic heterocycles. The Bertz CT molecular complexity index is 254. The van der Waals surface area contributed by atoms with E-state index in [0.29, 0.717) is 18.1 Å². The predicted octanol–water partition coefficient (Wildman–Crippen LogP) is 2.21. The summed E-state index contributed by atoms with van der Waals surface area (Å²) in [4.78, 5) is 0.